The van der Waals surface area contributed by atoms with Crippen molar-refractivity contribution in [3.63, 3.8) is 0 Å². The lowest BCUT2D eigenvalue weighted by Crippen LogP contribution is -2.51. The van der Waals surface area contributed by atoms with Crippen LogP contribution in [0, 0.1) is 52.3 Å². The molecule has 3 saturated carbocycles. The van der Waals surface area contributed by atoms with Crippen LogP contribution in [-0.2, 0) is 9.53 Å². The van der Waals surface area contributed by atoms with E-state index in [1.54, 1.807) is 5.57 Å². The molecule has 0 aromatic heterocycles. The fourth-order valence-electron chi connectivity index (χ4n) is 10.2. The minimum atomic E-state index is 0.0366. The van der Waals surface area contributed by atoms with E-state index in [1.165, 1.54) is 57.8 Å². The number of rotatable bonds is 11. The van der Waals surface area contributed by atoms with Crippen LogP contribution in [0.5, 0.6) is 0 Å². The highest BCUT2D eigenvalue weighted by molar-refractivity contribution is 5.69. The van der Waals surface area contributed by atoms with Crippen LogP contribution in [0.25, 0.3) is 0 Å². The van der Waals surface area contributed by atoms with Crippen molar-refractivity contribution in [3.05, 3.63) is 11.6 Å². The van der Waals surface area contributed by atoms with Crippen molar-refractivity contribution >= 4 is 5.97 Å². The molecule has 0 saturated heterocycles. The van der Waals surface area contributed by atoms with Crippen LogP contribution in [0.1, 0.15) is 145 Å². The minimum absolute atomic E-state index is 0.0366. The number of fused-ring (bicyclic) bond motifs is 5. The van der Waals surface area contributed by atoms with Gasteiger partial charge in [0.2, 0.25) is 0 Å². The number of carbonyl (C=O) groups is 1. The third-order valence-corrected chi connectivity index (χ3v) is 12.6. The smallest absolute Gasteiger partial charge is 0.306 e. The van der Waals surface area contributed by atoms with E-state index in [2.05, 4.69) is 54.5 Å². The van der Waals surface area contributed by atoms with Gasteiger partial charge in [0.05, 0.1) is 0 Å². The summed E-state index contributed by atoms with van der Waals surface area (Å²) in [5.74, 6) is 6.17. The largest absolute Gasteiger partial charge is 0.462 e. The highest BCUT2D eigenvalue weighted by Gasteiger charge is 2.59. The van der Waals surface area contributed by atoms with Gasteiger partial charge >= 0.3 is 5.97 Å². The molecule has 0 aliphatic heterocycles. The van der Waals surface area contributed by atoms with Gasteiger partial charge in [-0.3, -0.25) is 4.79 Å². The first-order valence-electron chi connectivity index (χ1n) is 16.5. The van der Waals surface area contributed by atoms with Gasteiger partial charge in [0.15, 0.2) is 0 Å². The molecule has 0 amide bonds. The number of carbonyl (C=O) groups excluding carboxylic acids is 1. The van der Waals surface area contributed by atoms with Gasteiger partial charge in [0.1, 0.15) is 6.10 Å². The quantitative estimate of drug-likeness (QED) is 0.156. The van der Waals surface area contributed by atoms with Crippen molar-refractivity contribution in [1.29, 1.82) is 0 Å². The normalized spacial score (nSPS) is 38.8. The average Bonchev–Trinajstić information content (AvgIpc) is 3.22. The Kier molecular flexibility index (Phi) is 9.60. The standard InChI is InChI=1S/C35H60O2/c1-8-10-11-12-33(36)37-28-19-21-34(6)27(23-28)15-16-29-31-18-17-30(35(31,7)22-20-32(29)34)25(5)13-14-26(9-2)24(3)4/h15,24-26,28-32H,8-14,16-23H2,1-7H3/t25-,26-,28+,29+,30-,31+,32+,34+,35-/m1/s1. The molecule has 9 atom stereocenters. The zero-order valence-corrected chi connectivity index (χ0v) is 25.6. The molecule has 4 aliphatic carbocycles. The Morgan fingerprint density at radius 2 is 1.78 bits per heavy atom. The summed E-state index contributed by atoms with van der Waals surface area (Å²) in [6.45, 7) is 17.3. The molecule has 212 valence electrons. The van der Waals surface area contributed by atoms with Gasteiger partial charge in [0.25, 0.3) is 0 Å². The first-order valence-corrected chi connectivity index (χ1v) is 16.5. The van der Waals surface area contributed by atoms with E-state index in [-0.39, 0.29) is 12.1 Å². The minimum Gasteiger partial charge on any atom is -0.462 e. The van der Waals surface area contributed by atoms with E-state index in [0.29, 0.717) is 17.3 Å². The van der Waals surface area contributed by atoms with Gasteiger partial charge in [0, 0.05) is 12.8 Å². The molecule has 0 spiro atoms. The molecule has 2 heteroatoms. The number of allylic oxidation sites excluding steroid dienone is 1. The van der Waals surface area contributed by atoms with E-state index in [1.807, 2.05) is 0 Å². The van der Waals surface area contributed by atoms with Gasteiger partial charge in [-0.25, -0.2) is 0 Å². The van der Waals surface area contributed by atoms with E-state index < -0.39 is 0 Å². The molecule has 0 radical (unpaired) electrons. The van der Waals surface area contributed by atoms with Crippen LogP contribution >= 0.6 is 0 Å². The molecule has 37 heavy (non-hydrogen) atoms. The van der Waals surface area contributed by atoms with Crippen molar-refractivity contribution in [2.75, 3.05) is 0 Å². The van der Waals surface area contributed by atoms with Crippen molar-refractivity contribution in [2.24, 2.45) is 52.3 Å². The first-order chi connectivity index (χ1) is 17.6. The second kappa shape index (κ2) is 12.2. The molecular weight excluding hydrogens is 452 g/mol. The van der Waals surface area contributed by atoms with Crippen LogP contribution in [0.2, 0.25) is 0 Å². The van der Waals surface area contributed by atoms with E-state index >= 15 is 0 Å². The van der Waals surface area contributed by atoms with E-state index in [0.717, 1.165) is 73.5 Å². The monoisotopic (exact) mass is 512 g/mol. The Labute approximate surface area is 230 Å². The van der Waals surface area contributed by atoms with E-state index in [4.69, 9.17) is 4.74 Å². The van der Waals surface area contributed by atoms with Gasteiger partial charge < -0.3 is 4.74 Å². The Morgan fingerprint density at radius 1 is 1.00 bits per heavy atom. The number of esters is 1. The third kappa shape index (κ3) is 5.89. The average molecular weight is 513 g/mol. The summed E-state index contributed by atoms with van der Waals surface area (Å²) in [5, 5.41) is 0. The fourth-order valence-corrected chi connectivity index (χ4v) is 10.2. The summed E-state index contributed by atoms with van der Waals surface area (Å²) in [7, 11) is 0. The number of hydrogen-bond donors (Lipinski definition) is 0. The Hall–Kier alpha value is -0.790. The zero-order chi connectivity index (χ0) is 26.8. The molecule has 4 aliphatic rings. The first kappa shape index (κ1) is 29.2. The molecule has 0 aromatic carbocycles. The molecule has 3 fully saturated rings. The van der Waals surface area contributed by atoms with Gasteiger partial charge in [-0.2, -0.15) is 0 Å². The molecule has 0 N–H and O–H groups in total. The lowest BCUT2D eigenvalue weighted by molar-refractivity contribution is -0.151. The maximum atomic E-state index is 12.4. The predicted octanol–water partition coefficient (Wildman–Crippen LogP) is 10.2. The molecule has 4 rings (SSSR count). The maximum Gasteiger partial charge on any atom is 0.306 e. The lowest BCUT2D eigenvalue weighted by atomic mass is 9.47. The van der Waals surface area contributed by atoms with Gasteiger partial charge in [-0.15, -0.1) is 0 Å². The van der Waals surface area contributed by atoms with Crippen molar-refractivity contribution in [2.45, 2.75) is 151 Å². The summed E-state index contributed by atoms with van der Waals surface area (Å²) in [5.41, 5.74) is 2.52. The number of hydrogen-bond acceptors (Lipinski definition) is 2. The Morgan fingerprint density at radius 3 is 2.49 bits per heavy atom. The second-order valence-electron chi connectivity index (χ2n) is 14.8. The van der Waals surface area contributed by atoms with Crippen LogP contribution in [0.15, 0.2) is 11.6 Å². The molecule has 0 heterocycles. The zero-order valence-electron chi connectivity index (χ0n) is 25.6. The Bertz CT molecular complexity index is 797. The third-order valence-electron chi connectivity index (χ3n) is 12.6. The molecule has 0 aromatic rings. The summed E-state index contributed by atoms with van der Waals surface area (Å²) >= 11 is 0. The van der Waals surface area contributed by atoms with Crippen molar-refractivity contribution < 1.29 is 9.53 Å². The Balaban J connectivity index is 1.39. The fraction of sp³-hybridized carbons (Fsp3) is 0.914. The van der Waals surface area contributed by atoms with Crippen LogP contribution in [-0.4, -0.2) is 12.1 Å². The highest BCUT2D eigenvalue weighted by Crippen LogP contribution is 2.67. The molecule has 2 nitrogen and oxygen atoms in total. The lowest BCUT2D eigenvalue weighted by Gasteiger charge is -2.58. The summed E-state index contributed by atoms with van der Waals surface area (Å²) < 4.78 is 5.98. The van der Waals surface area contributed by atoms with Crippen molar-refractivity contribution in [1.82, 2.24) is 0 Å². The van der Waals surface area contributed by atoms with Crippen LogP contribution in [0.3, 0.4) is 0 Å². The summed E-state index contributed by atoms with van der Waals surface area (Å²) in [6.07, 6.45) is 21.1. The van der Waals surface area contributed by atoms with Gasteiger partial charge in [-0.1, -0.05) is 85.8 Å². The number of unbranched alkanes of at least 4 members (excludes halogenated alkanes) is 2. The summed E-state index contributed by atoms with van der Waals surface area (Å²) in [6, 6.07) is 0. The molecule has 0 unspecified atom stereocenters. The SMILES string of the molecule is CCCCCC(=O)O[C@H]1CC[C@@]2(C)C(=CC[C@H]3[C@@H]4CC[C@H]([C@H](C)CC[C@@H](CC)C(C)C)[C@@]4(C)CC[C@@H]32)C1. The number of ether oxygens (including phenoxy) is 1. The van der Waals surface area contributed by atoms with Crippen LogP contribution < -0.4 is 0 Å². The molecular formula is C35H60O2. The highest BCUT2D eigenvalue weighted by atomic mass is 16.5. The van der Waals surface area contributed by atoms with Crippen LogP contribution in [0.4, 0.5) is 0 Å². The van der Waals surface area contributed by atoms with Crippen molar-refractivity contribution in [3.8, 4) is 0 Å². The summed E-state index contributed by atoms with van der Waals surface area (Å²) in [4.78, 5) is 12.4. The van der Waals surface area contributed by atoms with Gasteiger partial charge in [-0.05, 0) is 110 Å². The predicted molar refractivity (Wildman–Crippen MR) is 156 cm³/mol. The van der Waals surface area contributed by atoms with E-state index in [9.17, 15) is 4.79 Å². The second-order valence-corrected chi connectivity index (χ2v) is 14.8. The molecule has 0 bridgehead atoms. The topological polar surface area (TPSA) is 26.3 Å². The maximum absolute atomic E-state index is 12.4.